The third-order valence-corrected chi connectivity index (χ3v) is 5.78. The molecule has 6 heteroatoms. The van der Waals surface area contributed by atoms with E-state index in [4.69, 9.17) is 11.6 Å². The van der Waals surface area contributed by atoms with E-state index in [9.17, 15) is 4.79 Å². The zero-order chi connectivity index (χ0) is 16.2. The molecule has 2 fully saturated rings. The van der Waals surface area contributed by atoms with E-state index in [0.29, 0.717) is 11.1 Å². The van der Waals surface area contributed by atoms with Crippen molar-refractivity contribution < 1.29 is 4.79 Å². The number of carbonyl (C=O) groups is 1. The van der Waals surface area contributed by atoms with Crippen LogP contribution in [-0.4, -0.2) is 66.8 Å². The molecule has 0 spiro atoms. The highest BCUT2D eigenvalue weighted by Gasteiger charge is 2.32. The van der Waals surface area contributed by atoms with E-state index < -0.39 is 0 Å². The number of nitrogens with one attached hydrogen (secondary N) is 1. The van der Waals surface area contributed by atoms with Crippen LogP contribution in [0.4, 0.5) is 0 Å². The molecule has 2 heterocycles. The van der Waals surface area contributed by atoms with Gasteiger partial charge in [-0.2, -0.15) is 0 Å². The summed E-state index contributed by atoms with van der Waals surface area (Å²) in [6.07, 6.45) is 1.07. The summed E-state index contributed by atoms with van der Waals surface area (Å²) in [7, 11) is 0. The van der Waals surface area contributed by atoms with Gasteiger partial charge in [0.2, 0.25) is 0 Å². The average molecular weight is 354 g/mol. The van der Waals surface area contributed by atoms with Crippen molar-refractivity contribution in [1.82, 2.24) is 15.1 Å². The van der Waals surface area contributed by atoms with Gasteiger partial charge < -0.3 is 10.2 Å². The van der Waals surface area contributed by atoms with Crippen LogP contribution in [0.25, 0.3) is 0 Å². The van der Waals surface area contributed by atoms with E-state index in [0.717, 1.165) is 61.9 Å². The predicted octanol–water partition coefficient (Wildman–Crippen LogP) is 2.57. The molecule has 2 aliphatic heterocycles. The Kier molecular flexibility index (Phi) is 5.85. The maximum absolute atomic E-state index is 12.9. The third-order valence-electron chi connectivity index (χ3n) is 4.59. The highest BCUT2D eigenvalue weighted by atomic mass is 35.5. The van der Waals surface area contributed by atoms with Gasteiger partial charge in [0, 0.05) is 55.2 Å². The van der Waals surface area contributed by atoms with Gasteiger partial charge >= 0.3 is 0 Å². The Balaban J connectivity index is 1.70. The van der Waals surface area contributed by atoms with Gasteiger partial charge in [0.25, 0.3) is 5.91 Å². The van der Waals surface area contributed by atoms with E-state index >= 15 is 0 Å². The minimum absolute atomic E-state index is 0.126. The quantitative estimate of drug-likeness (QED) is 0.844. The number of benzene rings is 1. The first kappa shape index (κ1) is 17.1. The van der Waals surface area contributed by atoms with Crippen LogP contribution in [0.3, 0.4) is 0 Å². The van der Waals surface area contributed by atoms with Crippen LogP contribution in [0.1, 0.15) is 23.7 Å². The minimum atomic E-state index is 0.126. The molecule has 0 bridgehead atoms. The van der Waals surface area contributed by atoms with Crippen LogP contribution in [0.15, 0.2) is 23.1 Å². The lowest BCUT2D eigenvalue weighted by Crippen LogP contribution is -2.49. The first-order valence-corrected chi connectivity index (χ1v) is 9.71. The van der Waals surface area contributed by atoms with Gasteiger partial charge in [-0.25, -0.2) is 0 Å². The second kappa shape index (κ2) is 7.88. The lowest BCUT2D eigenvalue weighted by molar-refractivity contribution is 0.0770. The normalized spacial score (nSPS) is 22.5. The van der Waals surface area contributed by atoms with Crippen LogP contribution in [0, 0.1) is 0 Å². The second-order valence-electron chi connectivity index (χ2n) is 6.05. The van der Waals surface area contributed by atoms with Gasteiger partial charge in [0.05, 0.1) is 5.56 Å². The first-order chi connectivity index (χ1) is 11.2. The summed E-state index contributed by atoms with van der Waals surface area (Å²) < 4.78 is 0. The number of hydrogen-bond donors (Lipinski definition) is 1. The molecule has 1 amide bonds. The van der Waals surface area contributed by atoms with E-state index in [1.807, 2.05) is 23.1 Å². The number of thioether (sulfide) groups is 1. The summed E-state index contributed by atoms with van der Waals surface area (Å²) in [4.78, 5) is 18.5. The molecule has 1 aromatic carbocycles. The predicted molar refractivity (Wildman–Crippen MR) is 96.6 cm³/mol. The van der Waals surface area contributed by atoms with Crippen LogP contribution < -0.4 is 5.32 Å². The lowest BCUT2D eigenvalue weighted by Gasteiger charge is -2.32. The van der Waals surface area contributed by atoms with Crippen LogP contribution in [0.5, 0.6) is 0 Å². The molecular formula is C17H24ClN3OS. The molecular weight excluding hydrogens is 330 g/mol. The molecule has 4 nitrogen and oxygen atoms in total. The molecule has 2 saturated heterocycles. The standard InChI is InChI=1S/C17H24ClN3OS/c1-2-23-16-4-3-13(18)11-15(16)17(22)21-8-5-14(12-21)20-9-6-19-7-10-20/h3-4,11,14,19H,2,5-10,12H2,1H3. The van der Waals surface area contributed by atoms with Crippen molar-refractivity contribution in [2.45, 2.75) is 24.3 Å². The molecule has 2 aliphatic rings. The van der Waals surface area contributed by atoms with Gasteiger partial charge in [0.15, 0.2) is 0 Å². The Morgan fingerprint density at radius 1 is 1.35 bits per heavy atom. The number of halogens is 1. The molecule has 1 N–H and O–H groups in total. The van der Waals surface area contributed by atoms with E-state index in [1.165, 1.54) is 0 Å². The van der Waals surface area contributed by atoms with Crippen LogP contribution in [-0.2, 0) is 0 Å². The summed E-state index contributed by atoms with van der Waals surface area (Å²) in [5.41, 5.74) is 0.755. The second-order valence-corrected chi connectivity index (χ2v) is 7.80. The average Bonchev–Trinajstić information content (AvgIpc) is 3.07. The van der Waals surface area contributed by atoms with Gasteiger partial charge in [-0.1, -0.05) is 18.5 Å². The Morgan fingerprint density at radius 3 is 2.87 bits per heavy atom. The Morgan fingerprint density at radius 2 is 2.13 bits per heavy atom. The van der Waals surface area contributed by atoms with Crippen molar-refractivity contribution in [3.8, 4) is 0 Å². The molecule has 23 heavy (non-hydrogen) atoms. The SMILES string of the molecule is CCSc1ccc(Cl)cc1C(=O)N1CCC(N2CCNCC2)C1. The van der Waals surface area contributed by atoms with E-state index in [1.54, 1.807) is 11.8 Å². The van der Waals surface area contributed by atoms with Crippen molar-refractivity contribution in [2.75, 3.05) is 45.0 Å². The van der Waals surface area contributed by atoms with Crippen molar-refractivity contribution in [1.29, 1.82) is 0 Å². The summed E-state index contributed by atoms with van der Waals surface area (Å²) >= 11 is 7.82. The molecule has 1 atom stereocenters. The summed E-state index contributed by atoms with van der Waals surface area (Å²) in [5, 5.41) is 4.02. The Bertz CT molecular complexity index is 563. The highest BCUT2D eigenvalue weighted by molar-refractivity contribution is 7.99. The largest absolute Gasteiger partial charge is 0.337 e. The fraction of sp³-hybridized carbons (Fsp3) is 0.588. The number of rotatable bonds is 4. The molecule has 1 aromatic rings. The topological polar surface area (TPSA) is 35.6 Å². The summed E-state index contributed by atoms with van der Waals surface area (Å²) in [6.45, 7) is 8.05. The number of carbonyl (C=O) groups excluding carboxylic acids is 1. The number of likely N-dealkylation sites (tertiary alicyclic amines) is 1. The van der Waals surface area contributed by atoms with E-state index in [2.05, 4.69) is 17.1 Å². The summed E-state index contributed by atoms with van der Waals surface area (Å²) in [6, 6.07) is 6.15. The van der Waals surface area contributed by atoms with Crippen molar-refractivity contribution in [2.24, 2.45) is 0 Å². The Hall–Kier alpha value is -0.750. The molecule has 1 unspecified atom stereocenters. The van der Waals surface area contributed by atoms with E-state index in [-0.39, 0.29) is 5.91 Å². The zero-order valence-electron chi connectivity index (χ0n) is 13.6. The highest BCUT2D eigenvalue weighted by Crippen LogP contribution is 2.28. The first-order valence-electron chi connectivity index (χ1n) is 8.35. The molecule has 0 aliphatic carbocycles. The van der Waals surface area contributed by atoms with Crippen LogP contribution in [0.2, 0.25) is 5.02 Å². The van der Waals surface area contributed by atoms with Crippen molar-refractivity contribution >= 4 is 29.3 Å². The molecule has 0 saturated carbocycles. The van der Waals surface area contributed by atoms with Gasteiger partial charge in [-0.15, -0.1) is 11.8 Å². The number of nitrogens with zero attached hydrogens (tertiary/aromatic N) is 2. The van der Waals surface area contributed by atoms with Crippen molar-refractivity contribution in [3.05, 3.63) is 28.8 Å². The van der Waals surface area contributed by atoms with Gasteiger partial charge in [-0.3, -0.25) is 9.69 Å². The maximum Gasteiger partial charge on any atom is 0.255 e. The third kappa shape index (κ3) is 4.02. The molecule has 3 rings (SSSR count). The smallest absolute Gasteiger partial charge is 0.255 e. The summed E-state index contributed by atoms with van der Waals surface area (Å²) in [5.74, 6) is 1.08. The van der Waals surface area contributed by atoms with Gasteiger partial charge in [-0.05, 0) is 30.4 Å². The molecule has 0 radical (unpaired) electrons. The monoisotopic (exact) mass is 353 g/mol. The zero-order valence-corrected chi connectivity index (χ0v) is 15.1. The molecule has 0 aromatic heterocycles. The number of piperazine rings is 1. The van der Waals surface area contributed by atoms with Crippen molar-refractivity contribution in [3.63, 3.8) is 0 Å². The minimum Gasteiger partial charge on any atom is -0.337 e. The number of hydrogen-bond acceptors (Lipinski definition) is 4. The maximum atomic E-state index is 12.9. The van der Waals surface area contributed by atoms with Gasteiger partial charge in [0.1, 0.15) is 0 Å². The fourth-order valence-corrected chi connectivity index (χ4v) is 4.34. The molecule has 126 valence electrons. The lowest BCUT2D eigenvalue weighted by atomic mass is 10.2. The number of amides is 1. The Labute approximate surface area is 147 Å². The van der Waals surface area contributed by atoms with Crippen LogP contribution >= 0.6 is 23.4 Å². The fourth-order valence-electron chi connectivity index (χ4n) is 3.39.